The van der Waals surface area contributed by atoms with Crippen molar-refractivity contribution < 1.29 is 17.6 Å². The van der Waals surface area contributed by atoms with Crippen LogP contribution in [-0.2, 0) is 0 Å². The molecule has 5 rings (SSSR count). The van der Waals surface area contributed by atoms with Crippen molar-refractivity contribution in [2.24, 2.45) is 0 Å². The molecule has 0 N–H and O–H groups in total. The molecule has 0 atom stereocenters. The number of benzene rings is 3. The molecule has 0 fully saturated rings. The molecule has 5 aromatic rings. The molecule has 0 unspecified atom stereocenters. The van der Waals surface area contributed by atoms with Crippen LogP contribution in [0.25, 0.3) is 43.9 Å². The zero-order valence-electron chi connectivity index (χ0n) is 11.2. The first-order valence-electron chi connectivity index (χ1n) is 6.85. The van der Waals surface area contributed by atoms with E-state index in [0.717, 1.165) is 0 Å². The van der Waals surface area contributed by atoms with Gasteiger partial charge in [-0.3, -0.25) is 0 Å². The molecule has 106 valence electrons. The van der Waals surface area contributed by atoms with Crippen molar-refractivity contribution in [3.05, 3.63) is 60.2 Å². The predicted octanol–water partition coefficient (Wildman–Crippen LogP) is 5.76. The quantitative estimate of drug-likeness (QED) is 0.363. The molecule has 0 bridgehead atoms. The summed E-state index contributed by atoms with van der Waals surface area (Å²) in [4.78, 5) is 0. The lowest BCUT2D eigenvalue weighted by molar-refractivity contribution is 0.523. The normalized spacial score (nSPS) is 12.1. The zero-order chi connectivity index (χ0) is 14.8. The molecular weight excluding hydrogens is 286 g/mol. The lowest BCUT2D eigenvalue weighted by Gasteiger charge is -1.97. The molecule has 4 heteroatoms. The van der Waals surface area contributed by atoms with Crippen molar-refractivity contribution in [3.8, 4) is 0 Å². The van der Waals surface area contributed by atoms with Crippen LogP contribution < -0.4 is 0 Å². The number of rotatable bonds is 0. The van der Waals surface area contributed by atoms with Gasteiger partial charge in [0, 0.05) is 10.8 Å². The summed E-state index contributed by atoms with van der Waals surface area (Å²) in [5.41, 5.74) is 1.49. The number of hydrogen-bond donors (Lipinski definition) is 0. The molecular formula is C18H8F2O2. The first-order chi connectivity index (χ1) is 10.8. The van der Waals surface area contributed by atoms with Gasteiger partial charge >= 0.3 is 0 Å². The Morgan fingerprint density at radius 2 is 1.00 bits per heavy atom. The molecule has 3 aromatic carbocycles. The topological polar surface area (TPSA) is 26.3 Å². The fourth-order valence-corrected chi connectivity index (χ4v) is 3.07. The van der Waals surface area contributed by atoms with Gasteiger partial charge in [-0.1, -0.05) is 36.4 Å². The van der Waals surface area contributed by atoms with Crippen LogP contribution in [-0.4, -0.2) is 0 Å². The molecule has 0 aliphatic carbocycles. The number of furan rings is 2. The highest BCUT2D eigenvalue weighted by atomic mass is 19.2. The van der Waals surface area contributed by atoms with Crippen LogP contribution in [0, 0.1) is 11.6 Å². The fraction of sp³-hybridized carbons (Fsp3) is 0. The van der Waals surface area contributed by atoms with Crippen molar-refractivity contribution in [1.29, 1.82) is 0 Å². The van der Waals surface area contributed by atoms with E-state index in [2.05, 4.69) is 0 Å². The SMILES string of the molecule is Fc1c(F)c2c3ccccc3oc2c2oc3ccccc3c12. The lowest BCUT2D eigenvalue weighted by Crippen LogP contribution is -1.86. The highest BCUT2D eigenvalue weighted by molar-refractivity contribution is 6.19. The van der Waals surface area contributed by atoms with E-state index < -0.39 is 11.6 Å². The van der Waals surface area contributed by atoms with Crippen LogP contribution in [0.5, 0.6) is 0 Å². The number of fused-ring (bicyclic) bond motifs is 7. The van der Waals surface area contributed by atoms with Gasteiger partial charge in [-0.05, 0) is 12.1 Å². The number of hydrogen-bond acceptors (Lipinski definition) is 2. The van der Waals surface area contributed by atoms with Crippen molar-refractivity contribution in [2.45, 2.75) is 0 Å². The van der Waals surface area contributed by atoms with E-state index in [1.807, 2.05) is 0 Å². The molecule has 22 heavy (non-hydrogen) atoms. The minimum atomic E-state index is -0.904. The van der Waals surface area contributed by atoms with Gasteiger partial charge in [-0.2, -0.15) is 0 Å². The van der Waals surface area contributed by atoms with Crippen molar-refractivity contribution in [1.82, 2.24) is 0 Å². The Kier molecular flexibility index (Phi) is 2.06. The van der Waals surface area contributed by atoms with E-state index in [1.54, 1.807) is 48.5 Å². The molecule has 0 aliphatic rings. The van der Waals surface area contributed by atoms with Crippen LogP contribution in [0.4, 0.5) is 8.78 Å². The third kappa shape index (κ3) is 1.27. The fourth-order valence-electron chi connectivity index (χ4n) is 3.07. The zero-order valence-corrected chi connectivity index (χ0v) is 11.2. The van der Waals surface area contributed by atoms with Crippen LogP contribution in [0.1, 0.15) is 0 Å². The molecule has 2 nitrogen and oxygen atoms in total. The first-order valence-corrected chi connectivity index (χ1v) is 6.85. The summed E-state index contributed by atoms with van der Waals surface area (Å²) in [5, 5.41) is 1.33. The average molecular weight is 294 g/mol. The van der Waals surface area contributed by atoms with E-state index in [1.165, 1.54) is 0 Å². The Morgan fingerprint density at radius 3 is 1.45 bits per heavy atom. The predicted molar refractivity (Wildman–Crippen MR) is 80.9 cm³/mol. The highest BCUT2D eigenvalue weighted by Crippen LogP contribution is 2.41. The Balaban J connectivity index is 2.18. The minimum Gasteiger partial charge on any atom is -0.452 e. The van der Waals surface area contributed by atoms with Gasteiger partial charge in [0.2, 0.25) is 0 Å². The van der Waals surface area contributed by atoms with Gasteiger partial charge in [0.15, 0.2) is 22.8 Å². The number of para-hydroxylation sites is 2. The Labute approximate surface area is 122 Å². The molecule has 2 heterocycles. The Morgan fingerprint density at radius 1 is 0.591 bits per heavy atom. The van der Waals surface area contributed by atoms with Gasteiger partial charge in [-0.15, -0.1) is 0 Å². The maximum absolute atomic E-state index is 14.6. The summed E-state index contributed by atoms with van der Waals surface area (Å²) < 4.78 is 40.7. The van der Waals surface area contributed by atoms with Gasteiger partial charge in [0.05, 0.1) is 10.8 Å². The summed E-state index contributed by atoms with van der Waals surface area (Å²) in [6.45, 7) is 0. The monoisotopic (exact) mass is 294 g/mol. The van der Waals surface area contributed by atoms with Gasteiger partial charge in [0.1, 0.15) is 11.2 Å². The largest absolute Gasteiger partial charge is 0.452 e. The second-order valence-corrected chi connectivity index (χ2v) is 5.23. The second kappa shape index (κ2) is 3.85. The molecule has 2 aromatic heterocycles. The summed E-state index contributed by atoms with van der Waals surface area (Å²) in [7, 11) is 0. The van der Waals surface area contributed by atoms with E-state index in [4.69, 9.17) is 8.83 Å². The molecule has 0 saturated heterocycles. The van der Waals surface area contributed by atoms with Gasteiger partial charge < -0.3 is 8.83 Å². The van der Waals surface area contributed by atoms with Crippen LogP contribution in [0.15, 0.2) is 57.4 Å². The molecule has 0 aliphatic heterocycles. The number of halogens is 2. The smallest absolute Gasteiger partial charge is 0.181 e. The first kappa shape index (κ1) is 11.7. The summed E-state index contributed by atoms with van der Waals surface area (Å²) in [6.07, 6.45) is 0. The van der Waals surface area contributed by atoms with Crippen LogP contribution in [0.2, 0.25) is 0 Å². The van der Waals surface area contributed by atoms with Crippen molar-refractivity contribution in [2.75, 3.05) is 0 Å². The average Bonchev–Trinajstić information content (AvgIpc) is 3.11. The molecule has 0 spiro atoms. The third-order valence-corrected chi connectivity index (χ3v) is 4.03. The Hall–Kier alpha value is -2.88. The van der Waals surface area contributed by atoms with Crippen molar-refractivity contribution in [3.63, 3.8) is 0 Å². The minimum absolute atomic E-state index is 0.125. The van der Waals surface area contributed by atoms with Crippen LogP contribution in [0.3, 0.4) is 0 Å². The summed E-state index contributed by atoms with van der Waals surface area (Å²) in [6, 6.07) is 14.0. The second-order valence-electron chi connectivity index (χ2n) is 5.23. The van der Waals surface area contributed by atoms with E-state index in [0.29, 0.717) is 21.9 Å². The summed E-state index contributed by atoms with van der Waals surface area (Å²) >= 11 is 0. The van der Waals surface area contributed by atoms with E-state index in [-0.39, 0.29) is 21.9 Å². The van der Waals surface area contributed by atoms with Crippen LogP contribution >= 0.6 is 0 Å². The molecule has 0 saturated carbocycles. The maximum atomic E-state index is 14.6. The van der Waals surface area contributed by atoms with Crippen molar-refractivity contribution >= 4 is 43.9 Å². The van der Waals surface area contributed by atoms with Gasteiger partial charge in [-0.25, -0.2) is 8.78 Å². The third-order valence-electron chi connectivity index (χ3n) is 4.03. The maximum Gasteiger partial charge on any atom is 0.181 e. The van der Waals surface area contributed by atoms with Gasteiger partial charge in [0.25, 0.3) is 0 Å². The summed E-state index contributed by atoms with van der Waals surface area (Å²) in [5.74, 6) is -1.81. The standard InChI is InChI=1S/C18H8F2O2/c19-15-13-9-5-1-3-7-11(9)21-17(13)18-14(16(15)20)10-6-2-4-8-12(10)22-18/h1-8H. The molecule has 0 amide bonds. The van der Waals surface area contributed by atoms with E-state index >= 15 is 0 Å². The molecule has 0 radical (unpaired) electrons. The highest BCUT2D eigenvalue weighted by Gasteiger charge is 2.24. The lowest BCUT2D eigenvalue weighted by atomic mass is 10.1. The van der Waals surface area contributed by atoms with E-state index in [9.17, 15) is 8.78 Å². The Bertz CT molecular complexity index is 1100.